The number of nitrogens with zero attached hydrogens (tertiary/aromatic N) is 3. The molecule has 0 aromatic carbocycles. The second kappa shape index (κ2) is 5.57. The van der Waals surface area contributed by atoms with E-state index in [0.717, 1.165) is 26.2 Å². The van der Waals surface area contributed by atoms with Gasteiger partial charge < -0.3 is 15.1 Å². The molecule has 98 valence electrons. The molecular weight excluding hydrogens is 224 g/mol. The Balaban J connectivity index is 1.83. The normalized spacial score (nSPS) is 21.1. The zero-order valence-corrected chi connectivity index (χ0v) is 10.9. The van der Waals surface area contributed by atoms with Crippen LogP contribution >= 0.6 is 0 Å². The van der Waals surface area contributed by atoms with Gasteiger partial charge in [0.2, 0.25) is 0 Å². The third kappa shape index (κ3) is 2.43. The Bertz CT molecular complexity index is 344. The number of anilines is 2. The van der Waals surface area contributed by atoms with E-state index in [1.165, 1.54) is 43.9 Å². The van der Waals surface area contributed by atoms with E-state index in [1.54, 1.807) is 0 Å². The number of hydrogen-bond donors (Lipinski definition) is 1. The van der Waals surface area contributed by atoms with Crippen molar-refractivity contribution in [3.8, 4) is 0 Å². The molecule has 3 rings (SSSR count). The first-order chi connectivity index (χ1) is 8.95. The highest BCUT2D eigenvalue weighted by Crippen LogP contribution is 2.29. The van der Waals surface area contributed by atoms with Crippen molar-refractivity contribution in [1.82, 2.24) is 10.3 Å². The van der Waals surface area contributed by atoms with Gasteiger partial charge in [0.25, 0.3) is 0 Å². The summed E-state index contributed by atoms with van der Waals surface area (Å²) in [6, 6.07) is 4.30. The molecule has 0 saturated carbocycles. The van der Waals surface area contributed by atoms with E-state index in [9.17, 15) is 0 Å². The van der Waals surface area contributed by atoms with Crippen molar-refractivity contribution in [2.45, 2.75) is 19.3 Å². The van der Waals surface area contributed by atoms with E-state index in [2.05, 4.69) is 32.2 Å². The molecule has 4 nitrogen and oxygen atoms in total. The Kier molecular flexibility index (Phi) is 3.64. The predicted molar refractivity (Wildman–Crippen MR) is 75.4 cm³/mol. The molecule has 2 fully saturated rings. The molecule has 1 aromatic heterocycles. The lowest BCUT2D eigenvalue weighted by Crippen LogP contribution is -2.44. The Morgan fingerprint density at radius 3 is 2.50 bits per heavy atom. The lowest BCUT2D eigenvalue weighted by molar-refractivity contribution is 0.567. The zero-order valence-electron chi connectivity index (χ0n) is 10.9. The molecule has 3 heterocycles. The van der Waals surface area contributed by atoms with Gasteiger partial charge in [0.1, 0.15) is 0 Å². The lowest BCUT2D eigenvalue weighted by atomic mass is 10.1. The maximum atomic E-state index is 4.63. The molecule has 0 aliphatic carbocycles. The van der Waals surface area contributed by atoms with Gasteiger partial charge in [0, 0.05) is 45.5 Å². The van der Waals surface area contributed by atoms with Crippen molar-refractivity contribution in [3.63, 3.8) is 0 Å². The molecule has 0 spiro atoms. The van der Waals surface area contributed by atoms with Gasteiger partial charge in [0.05, 0.1) is 5.69 Å². The number of piperazine rings is 1. The summed E-state index contributed by atoms with van der Waals surface area (Å²) in [5.41, 5.74) is 1.33. The SMILES string of the molecule is c1cnc(N2CCNCC2)c(N2CCCCC2)c1. The van der Waals surface area contributed by atoms with Crippen molar-refractivity contribution < 1.29 is 0 Å². The molecule has 0 bridgehead atoms. The number of nitrogens with one attached hydrogen (secondary N) is 1. The zero-order chi connectivity index (χ0) is 12.2. The molecule has 1 aromatic rings. The van der Waals surface area contributed by atoms with Crippen LogP contribution in [0.3, 0.4) is 0 Å². The highest BCUT2D eigenvalue weighted by Gasteiger charge is 2.20. The second-order valence-electron chi connectivity index (χ2n) is 5.13. The average Bonchev–Trinajstić information content (AvgIpc) is 2.49. The van der Waals surface area contributed by atoms with E-state index in [-0.39, 0.29) is 0 Å². The summed E-state index contributed by atoms with van der Waals surface area (Å²) in [5, 5.41) is 3.40. The minimum absolute atomic E-state index is 1.07. The van der Waals surface area contributed by atoms with Crippen molar-refractivity contribution in [2.24, 2.45) is 0 Å². The molecule has 0 atom stereocenters. The molecule has 0 amide bonds. The number of pyridine rings is 1. The maximum Gasteiger partial charge on any atom is 0.152 e. The minimum Gasteiger partial charge on any atom is -0.369 e. The summed E-state index contributed by atoms with van der Waals surface area (Å²) in [5.74, 6) is 1.18. The quantitative estimate of drug-likeness (QED) is 0.856. The summed E-state index contributed by atoms with van der Waals surface area (Å²) < 4.78 is 0. The lowest BCUT2D eigenvalue weighted by Gasteiger charge is -2.35. The van der Waals surface area contributed by atoms with Crippen LogP contribution in [0.5, 0.6) is 0 Å². The van der Waals surface area contributed by atoms with Crippen LogP contribution < -0.4 is 15.1 Å². The molecule has 1 N–H and O–H groups in total. The van der Waals surface area contributed by atoms with E-state index in [0.29, 0.717) is 0 Å². The summed E-state index contributed by atoms with van der Waals surface area (Å²) >= 11 is 0. The van der Waals surface area contributed by atoms with Crippen molar-refractivity contribution in [2.75, 3.05) is 49.1 Å². The molecule has 4 heteroatoms. The summed E-state index contributed by atoms with van der Waals surface area (Å²) in [6.07, 6.45) is 5.93. The van der Waals surface area contributed by atoms with Crippen molar-refractivity contribution in [3.05, 3.63) is 18.3 Å². The maximum absolute atomic E-state index is 4.63. The fourth-order valence-electron chi connectivity index (χ4n) is 2.89. The van der Waals surface area contributed by atoms with Crippen LogP contribution in [0.25, 0.3) is 0 Å². The summed E-state index contributed by atoms with van der Waals surface area (Å²) in [4.78, 5) is 9.56. The van der Waals surface area contributed by atoms with E-state index < -0.39 is 0 Å². The fourth-order valence-corrected chi connectivity index (χ4v) is 2.89. The van der Waals surface area contributed by atoms with Gasteiger partial charge >= 0.3 is 0 Å². The number of piperidine rings is 1. The summed E-state index contributed by atoms with van der Waals surface area (Å²) in [7, 11) is 0. The Labute approximate surface area is 109 Å². The van der Waals surface area contributed by atoms with Crippen molar-refractivity contribution >= 4 is 11.5 Å². The van der Waals surface area contributed by atoms with Gasteiger partial charge in [-0.3, -0.25) is 0 Å². The van der Waals surface area contributed by atoms with Crippen LogP contribution in [0.1, 0.15) is 19.3 Å². The molecule has 2 saturated heterocycles. The van der Waals surface area contributed by atoms with Crippen LogP contribution in [-0.2, 0) is 0 Å². The molecule has 18 heavy (non-hydrogen) atoms. The molecule has 2 aliphatic rings. The number of hydrogen-bond acceptors (Lipinski definition) is 4. The van der Waals surface area contributed by atoms with E-state index in [4.69, 9.17) is 0 Å². The van der Waals surface area contributed by atoms with Gasteiger partial charge in [-0.1, -0.05) is 0 Å². The van der Waals surface area contributed by atoms with Crippen LogP contribution in [-0.4, -0.2) is 44.3 Å². The third-order valence-electron chi connectivity index (χ3n) is 3.88. The van der Waals surface area contributed by atoms with Gasteiger partial charge in [0.15, 0.2) is 5.82 Å². The van der Waals surface area contributed by atoms with Gasteiger partial charge in [-0.25, -0.2) is 4.98 Å². The average molecular weight is 246 g/mol. The Morgan fingerprint density at radius 1 is 0.944 bits per heavy atom. The minimum atomic E-state index is 1.07. The van der Waals surface area contributed by atoms with Gasteiger partial charge in [-0.2, -0.15) is 0 Å². The van der Waals surface area contributed by atoms with E-state index >= 15 is 0 Å². The standard InChI is InChI=1S/C14H22N4/c1-2-9-17(10-3-1)13-5-4-6-16-14(13)18-11-7-15-8-12-18/h4-6,15H,1-3,7-12H2. The first-order valence-electron chi connectivity index (χ1n) is 7.11. The highest BCUT2D eigenvalue weighted by atomic mass is 15.3. The van der Waals surface area contributed by atoms with Crippen LogP contribution in [0.4, 0.5) is 11.5 Å². The molecule has 0 unspecified atom stereocenters. The largest absolute Gasteiger partial charge is 0.369 e. The van der Waals surface area contributed by atoms with Crippen LogP contribution in [0, 0.1) is 0 Å². The van der Waals surface area contributed by atoms with E-state index in [1.807, 2.05) is 6.20 Å². The van der Waals surface area contributed by atoms with Crippen LogP contribution in [0.2, 0.25) is 0 Å². The monoisotopic (exact) mass is 246 g/mol. The topological polar surface area (TPSA) is 31.4 Å². The highest BCUT2D eigenvalue weighted by molar-refractivity contribution is 5.67. The number of rotatable bonds is 2. The first-order valence-corrected chi connectivity index (χ1v) is 7.11. The summed E-state index contributed by atoms with van der Waals surface area (Å²) in [6.45, 7) is 6.64. The van der Waals surface area contributed by atoms with Crippen LogP contribution in [0.15, 0.2) is 18.3 Å². The molecule has 2 aliphatic heterocycles. The molecular formula is C14H22N4. The predicted octanol–water partition coefficient (Wildman–Crippen LogP) is 1.48. The van der Waals surface area contributed by atoms with Crippen molar-refractivity contribution in [1.29, 1.82) is 0 Å². The molecule has 0 radical (unpaired) electrons. The van der Waals surface area contributed by atoms with Gasteiger partial charge in [-0.05, 0) is 31.4 Å². The first kappa shape index (κ1) is 11.8. The smallest absolute Gasteiger partial charge is 0.152 e. The Hall–Kier alpha value is -1.29. The second-order valence-corrected chi connectivity index (χ2v) is 5.13. The fraction of sp³-hybridized carbons (Fsp3) is 0.643. The van der Waals surface area contributed by atoms with Gasteiger partial charge in [-0.15, -0.1) is 0 Å². The Morgan fingerprint density at radius 2 is 1.72 bits per heavy atom. The number of aromatic nitrogens is 1. The third-order valence-corrected chi connectivity index (χ3v) is 3.88.